The average Bonchev–Trinajstić information content (AvgIpc) is 3.23. The van der Waals surface area contributed by atoms with Gasteiger partial charge in [0, 0.05) is 41.2 Å². The van der Waals surface area contributed by atoms with E-state index in [9.17, 15) is 39.3 Å². The molecule has 63 heavy (non-hydrogen) atoms. The zero-order valence-corrected chi connectivity index (χ0v) is 37.7. The molecule has 334 valence electrons. The number of carbonyl (C=O) groups excluding carboxylic acids is 6. The summed E-state index contributed by atoms with van der Waals surface area (Å²) >= 11 is 2.06. The molecule has 1 saturated heterocycles. The molecule has 0 spiro atoms. The minimum atomic E-state index is -2.39. The van der Waals surface area contributed by atoms with Crippen LogP contribution in [-0.2, 0) is 42.9 Å². The highest BCUT2D eigenvalue weighted by Crippen LogP contribution is 2.64. The molecule has 2 saturated carbocycles. The van der Waals surface area contributed by atoms with Gasteiger partial charge in [-0.25, -0.2) is 9.59 Å². The van der Waals surface area contributed by atoms with Gasteiger partial charge in [0.2, 0.25) is 0 Å². The Morgan fingerprint density at radius 2 is 1.51 bits per heavy atom. The Balaban J connectivity index is 1.38. The summed E-state index contributed by atoms with van der Waals surface area (Å²) in [5, 5.41) is 40.3. The third kappa shape index (κ3) is 7.87. The predicted molar refractivity (Wildman–Crippen MR) is 230 cm³/mol. The lowest BCUT2D eigenvalue weighted by atomic mass is 9.44. The highest BCUT2D eigenvalue weighted by atomic mass is 127. The molecule has 1 aliphatic heterocycles. The second-order valence-electron chi connectivity index (χ2n) is 17.5. The summed E-state index contributed by atoms with van der Waals surface area (Å²) in [7, 11) is 0. The van der Waals surface area contributed by atoms with Gasteiger partial charge in [-0.15, -0.1) is 0 Å². The number of benzene rings is 3. The number of halogens is 1. The molecule has 3 aromatic carbocycles. The Bertz CT molecular complexity index is 2350. The van der Waals surface area contributed by atoms with Crippen molar-refractivity contribution in [1.82, 2.24) is 5.32 Å². The Labute approximate surface area is 377 Å². The summed E-state index contributed by atoms with van der Waals surface area (Å²) in [6.07, 6.45) is -10.5. The molecule has 11 atom stereocenters. The molecular weight excluding hydrogens is 929 g/mol. The summed E-state index contributed by atoms with van der Waals surface area (Å²) in [6.45, 7) is 7.98. The van der Waals surface area contributed by atoms with Gasteiger partial charge in [-0.3, -0.25) is 19.2 Å². The van der Waals surface area contributed by atoms with Crippen molar-refractivity contribution < 1.29 is 67.8 Å². The summed E-state index contributed by atoms with van der Waals surface area (Å²) in [6, 6.07) is 21.5. The third-order valence-electron chi connectivity index (χ3n) is 13.5. The number of esters is 4. The fraction of sp³-hybridized carbons (Fsp3) is 0.447. The molecular formula is C47H50INO14. The van der Waals surface area contributed by atoms with Crippen LogP contribution in [0.1, 0.15) is 86.7 Å². The molecule has 3 aliphatic carbocycles. The molecule has 4 N–H and O–H groups in total. The molecule has 0 radical (unpaired) electrons. The maximum atomic E-state index is 15.5. The van der Waals surface area contributed by atoms with E-state index in [0.717, 1.165) is 17.4 Å². The number of aliphatic hydroxyl groups is 3. The van der Waals surface area contributed by atoms with E-state index in [1.807, 2.05) is 0 Å². The lowest BCUT2D eigenvalue weighted by molar-refractivity contribution is -0.346. The van der Waals surface area contributed by atoms with E-state index in [1.165, 1.54) is 26.0 Å². The molecule has 1 amide bonds. The van der Waals surface area contributed by atoms with E-state index < -0.39 is 113 Å². The maximum absolute atomic E-state index is 15.5. The molecule has 0 unspecified atom stereocenters. The predicted octanol–water partition coefficient (Wildman–Crippen LogP) is 4.34. The van der Waals surface area contributed by atoms with Crippen LogP contribution in [-0.4, -0.2) is 105 Å². The topological polar surface area (TPSA) is 221 Å². The van der Waals surface area contributed by atoms with Crippen LogP contribution in [0.3, 0.4) is 0 Å². The summed E-state index contributed by atoms with van der Waals surface area (Å²) in [5.74, 6) is -6.84. The van der Waals surface area contributed by atoms with E-state index in [-0.39, 0.29) is 35.3 Å². The van der Waals surface area contributed by atoms with E-state index in [4.69, 9.17) is 23.7 Å². The maximum Gasteiger partial charge on any atom is 0.338 e. The van der Waals surface area contributed by atoms with Crippen molar-refractivity contribution in [1.29, 1.82) is 0 Å². The lowest BCUT2D eigenvalue weighted by Gasteiger charge is -2.67. The van der Waals surface area contributed by atoms with Gasteiger partial charge in [0.15, 0.2) is 23.6 Å². The zero-order valence-electron chi connectivity index (χ0n) is 35.5. The number of rotatable bonds is 10. The van der Waals surface area contributed by atoms with E-state index in [0.29, 0.717) is 5.56 Å². The second-order valence-corrected chi connectivity index (χ2v) is 18.7. The molecule has 2 bridgehead atoms. The van der Waals surface area contributed by atoms with Gasteiger partial charge >= 0.3 is 23.9 Å². The molecule has 4 aliphatic rings. The van der Waals surface area contributed by atoms with Gasteiger partial charge in [0.25, 0.3) is 5.91 Å². The van der Waals surface area contributed by atoms with Gasteiger partial charge in [-0.1, -0.05) is 68.4 Å². The normalized spacial score (nSPS) is 31.6. The largest absolute Gasteiger partial charge is 0.456 e. The molecule has 3 fully saturated rings. The number of Topliss-reactive ketones (excluding diaryl/α,β-unsaturated/α-hetero) is 1. The van der Waals surface area contributed by atoms with Gasteiger partial charge in [-0.05, 0) is 83.5 Å². The Hall–Kier alpha value is -5.01. The first kappa shape index (κ1) is 46.0. The number of amides is 1. The smallest absolute Gasteiger partial charge is 0.338 e. The Kier molecular flexibility index (Phi) is 12.5. The first-order valence-corrected chi connectivity index (χ1v) is 21.7. The van der Waals surface area contributed by atoms with Gasteiger partial charge < -0.3 is 44.3 Å². The minimum absolute atomic E-state index is 0.00325. The van der Waals surface area contributed by atoms with Crippen LogP contribution in [0.5, 0.6) is 0 Å². The fourth-order valence-electron chi connectivity index (χ4n) is 10.2. The van der Waals surface area contributed by atoms with Crippen LogP contribution in [0, 0.1) is 20.3 Å². The van der Waals surface area contributed by atoms with Gasteiger partial charge in [-0.2, -0.15) is 0 Å². The van der Waals surface area contributed by atoms with E-state index in [2.05, 4.69) is 27.9 Å². The second kappa shape index (κ2) is 17.2. The number of ether oxygens (including phenoxy) is 5. The number of hydrogen-bond donors (Lipinski definition) is 4. The van der Waals surface area contributed by atoms with Crippen molar-refractivity contribution in [3.05, 3.63) is 116 Å². The highest BCUT2D eigenvalue weighted by molar-refractivity contribution is 14.1. The van der Waals surface area contributed by atoms with Crippen molar-refractivity contribution in [3.8, 4) is 0 Å². The van der Waals surface area contributed by atoms with Gasteiger partial charge in [0.05, 0.1) is 35.6 Å². The van der Waals surface area contributed by atoms with Crippen molar-refractivity contribution >= 4 is 58.2 Å². The van der Waals surface area contributed by atoms with Crippen LogP contribution in [0.25, 0.3) is 0 Å². The molecule has 15 nitrogen and oxygen atoms in total. The van der Waals surface area contributed by atoms with Crippen molar-refractivity contribution in [3.63, 3.8) is 0 Å². The van der Waals surface area contributed by atoms with Crippen LogP contribution in [0.15, 0.2) is 96.1 Å². The molecule has 7 rings (SSSR count). The average molecular weight is 980 g/mol. The van der Waals surface area contributed by atoms with Crippen LogP contribution >= 0.6 is 22.6 Å². The van der Waals surface area contributed by atoms with Gasteiger partial charge in [0.1, 0.15) is 23.9 Å². The van der Waals surface area contributed by atoms with Crippen LogP contribution < -0.4 is 5.32 Å². The van der Waals surface area contributed by atoms with E-state index in [1.54, 1.807) is 86.6 Å². The number of nitrogens with one attached hydrogen (secondary N) is 1. The molecule has 0 aromatic heterocycles. The third-order valence-corrected chi connectivity index (χ3v) is 14.2. The monoisotopic (exact) mass is 979 g/mol. The van der Waals surface area contributed by atoms with E-state index >= 15 is 4.79 Å². The molecule has 1 heterocycles. The Morgan fingerprint density at radius 1 is 0.873 bits per heavy atom. The number of hydrogen-bond acceptors (Lipinski definition) is 14. The van der Waals surface area contributed by atoms with Crippen LogP contribution in [0.4, 0.5) is 0 Å². The number of carbonyl (C=O) groups is 6. The standard InChI is InChI=1S/C47H50INO14/c1-24-31(61-43(57)36(53)35(27-14-9-7-10-15-27)49-41(55)29-18-13-19-30(48)20-29)22-47(58)40(62-42(56)28-16-11-8-12-17-28)38-45(6,32(52)21-33-46(38,23-59-33)63-26(3)51)39(54)37(60-25(2)50)34(24)44(47,4)5/h7-20,31-33,35-38,40,52-53,58H,21-23H2,1-6H3,(H,49,55)/t31-,32-,33+,35-,36+,37+,38-,40-,45+,46-,47+/m0/s1. The highest BCUT2D eigenvalue weighted by Gasteiger charge is 2.78. The fourth-order valence-corrected chi connectivity index (χ4v) is 10.8. The SMILES string of the molecule is CC(=O)O[C@H]1C(=O)[C@@]2(C)[C@H]([C@H](OC(=O)c3ccccc3)[C@]3(O)C[C@H](OC(=O)[C@H](O)[C@@H](NC(=O)c4cccc(I)c4)c4ccccc4)C(C)=C1C3(C)C)[C@]1(OC(C)=O)CO[C@@H]1C[C@@H]2O. The van der Waals surface area contributed by atoms with Crippen LogP contribution in [0.2, 0.25) is 0 Å². The number of ketones is 1. The molecule has 3 aromatic rings. The Morgan fingerprint density at radius 3 is 2.10 bits per heavy atom. The van der Waals surface area contributed by atoms with Crippen molar-refractivity contribution in [2.75, 3.05) is 6.61 Å². The first-order valence-electron chi connectivity index (χ1n) is 20.6. The number of fused-ring (bicyclic) bond motifs is 5. The lowest BCUT2D eigenvalue weighted by Crippen LogP contribution is -2.82. The summed E-state index contributed by atoms with van der Waals surface area (Å²) < 4.78 is 31.1. The number of aliphatic hydroxyl groups excluding tert-OH is 2. The minimum Gasteiger partial charge on any atom is -0.456 e. The molecule has 16 heteroatoms. The first-order chi connectivity index (χ1) is 29.7. The van der Waals surface area contributed by atoms with Crippen molar-refractivity contribution in [2.45, 2.75) is 108 Å². The zero-order chi connectivity index (χ0) is 45.8. The summed E-state index contributed by atoms with van der Waals surface area (Å²) in [4.78, 5) is 83.7. The van der Waals surface area contributed by atoms with Crippen molar-refractivity contribution in [2.24, 2.45) is 16.7 Å². The summed E-state index contributed by atoms with van der Waals surface area (Å²) in [5.41, 5.74) is -7.02. The quantitative estimate of drug-likeness (QED) is 0.0962.